The molecule has 0 aliphatic heterocycles. The van der Waals surface area contributed by atoms with E-state index in [-0.39, 0.29) is 24.0 Å². The van der Waals surface area contributed by atoms with Gasteiger partial charge < -0.3 is 45.3 Å². The molecule has 11 heteroatoms. The Morgan fingerprint density at radius 3 is 2.07 bits per heavy atom. The largest absolute Gasteiger partial charge is 0.491 e. The number of hydrogen-bond acceptors (Lipinski definition) is 9. The number of hydrogen-bond donors (Lipinski definition) is 5. The molecule has 2 aromatic rings. The summed E-state index contributed by atoms with van der Waals surface area (Å²) in [4.78, 5) is 25.8. The molecular weight excluding hydrogens is 588 g/mol. The normalized spacial score (nSPS) is 12.5. The number of aliphatic hydroxyl groups is 2. The molecule has 2 rings (SSSR count). The summed E-state index contributed by atoms with van der Waals surface area (Å²) >= 11 is 0. The Balaban J connectivity index is 0.000000489. The molecule has 2 unspecified atom stereocenters. The number of urea groups is 1. The first-order valence-electron chi connectivity index (χ1n) is 16.1. The highest BCUT2D eigenvalue weighted by atomic mass is 16.5. The number of rotatable bonds is 18. The van der Waals surface area contributed by atoms with Gasteiger partial charge in [-0.3, -0.25) is 4.79 Å². The third-order valence-electron chi connectivity index (χ3n) is 6.68. The molecule has 0 saturated heterocycles. The minimum absolute atomic E-state index is 0.0640. The van der Waals surface area contributed by atoms with Crippen LogP contribution in [0, 0.1) is 0 Å². The lowest BCUT2D eigenvalue weighted by molar-refractivity contribution is 0.0950. The number of Topliss-reactive ketones (excluding diaryl/α,β-unsaturated/α-hetero) is 1. The number of benzene rings is 2. The highest BCUT2D eigenvalue weighted by molar-refractivity contribution is 5.99. The zero-order chi connectivity index (χ0) is 34.7. The second kappa shape index (κ2) is 21.6. The topological polar surface area (TPSA) is 142 Å². The number of β-amino-alcohol motifs (C(OH)–C–C–N with tert-alkyl or cyclic N) is 1. The summed E-state index contributed by atoms with van der Waals surface area (Å²) in [5.41, 5.74) is 2.01. The molecule has 0 spiro atoms. The van der Waals surface area contributed by atoms with Gasteiger partial charge in [0.2, 0.25) is 0 Å². The summed E-state index contributed by atoms with van der Waals surface area (Å²) in [7, 11) is 1.70. The van der Waals surface area contributed by atoms with Crippen molar-refractivity contribution in [1.82, 2.24) is 15.5 Å². The number of ketones is 1. The quantitative estimate of drug-likeness (QED) is 0.148. The molecule has 0 aliphatic carbocycles. The summed E-state index contributed by atoms with van der Waals surface area (Å²) in [5, 5.41) is 28.9. The Labute approximate surface area is 276 Å². The fraction of sp³-hybridized carbons (Fsp3) is 0.600. The summed E-state index contributed by atoms with van der Waals surface area (Å²) in [5.74, 6) is 0.995. The van der Waals surface area contributed by atoms with Gasteiger partial charge in [0, 0.05) is 50.6 Å². The summed E-state index contributed by atoms with van der Waals surface area (Å²) in [6, 6.07) is 13.0. The van der Waals surface area contributed by atoms with Crippen molar-refractivity contribution >= 4 is 17.5 Å². The highest BCUT2D eigenvalue weighted by Crippen LogP contribution is 2.24. The van der Waals surface area contributed by atoms with Crippen LogP contribution >= 0.6 is 0 Å². The second-order valence-corrected chi connectivity index (χ2v) is 12.4. The molecule has 0 heterocycles. The monoisotopic (exact) mass is 646 g/mol. The van der Waals surface area contributed by atoms with Gasteiger partial charge >= 0.3 is 6.03 Å². The minimum atomic E-state index is -0.703. The maximum absolute atomic E-state index is 12.2. The van der Waals surface area contributed by atoms with Gasteiger partial charge in [0.05, 0.1) is 12.2 Å². The first kappa shape index (κ1) is 40.8. The van der Waals surface area contributed by atoms with Crippen LogP contribution in [0.1, 0.15) is 71.3 Å². The Hall–Kier alpha value is -3.22. The van der Waals surface area contributed by atoms with Crippen LogP contribution in [0.25, 0.3) is 0 Å². The molecule has 11 nitrogen and oxygen atoms in total. The van der Waals surface area contributed by atoms with Crippen LogP contribution in [0.2, 0.25) is 0 Å². The van der Waals surface area contributed by atoms with Gasteiger partial charge in [-0.1, -0.05) is 26.0 Å². The lowest BCUT2D eigenvalue weighted by Crippen LogP contribution is -2.42. The number of nitrogens with zero attached hydrogens (tertiary/aromatic N) is 1. The van der Waals surface area contributed by atoms with E-state index in [2.05, 4.69) is 16.0 Å². The van der Waals surface area contributed by atoms with Gasteiger partial charge in [-0.2, -0.15) is 0 Å². The standard InChI is InChI=1S/C20H33N3O4.C15H25NO3/c1-7-23(8-2)19(26)22-15-9-10-18(17(11-15)14(3)24)27-13-16(25)12-21-20(4,5)6;1-12(2)16-10-14(17)11-19-15-6-4-13(5-7-15)8-9-18-3/h9-11,16,21,25H,7-8,12-13H2,1-6H3,(H,22,26);4-7,12,14,16-17H,8-11H2,1-3H3. The van der Waals surface area contributed by atoms with Gasteiger partial charge in [-0.05, 0) is 83.9 Å². The molecule has 2 aromatic carbocycles. The van der Waals surface area contributed by atoms with E-state index in [1.54, 1.807) is 30.2 Å². The Morgan fingerprint density at radius 1 is 0.913 bits per heavy atom. The van der Waals surface area contributed by atoms with Gasteiger partial charge in [-0.15, -0.1) is 0 Å². The molecule has 0 aliphatic rings. The van der Waals surface area contributed by atoms with Crippen molar-refractivity contribution in [3.8, 4) is 11.5 Å². The Kier molecular flexibility index (Phi) is 19.1. The average Bonchev–Trinajstić information content (AvgIpc) is 3.01. The summed E-state index contributed by atoms with van der Waals surface area (Å²) < 4.78 is 16.2. The number of anilines is 1. The molecule has 0 radical (unpaired) electrons. The molecule has 0 saturated carbocycles. The van der Waals surface area contributed by atoms with Crippen LogP contribution in [-0.2, 0) is 11.2 Å². The third-order valence-corrected chi connectivity index (χ3v) is 6.68. The van der Waals surface area contributed by atoms with Crippen LogP contribution in [0.3, 0.4) is 0 Å². The van der Waals surface area contributed by atoms with E-state index in [1.807, 2.05) is 72.7 Å². The van der Waals surface area contributed by atoms with Crippen LogP contribution in [0.15, 0.2) is 42.5 Å². The number of methoxy groups -OCH3 is 1. The van der Waals surface area contributed by atoms with Crippen molar-refractivity contribution < 1.29 is 34.0 Å². The van der Waals surface area contributed by atoms with E-state index in [4.69, 9.17) is 14.2 Å². The van der Waals surface area contributed by atoms with E-state index < -0.39 is 12.2 Å². The van der Waals surface area contributed by atoms with E-state index in [0.29, 0.717) is 55.8 Å². The van der Waals surface area contributed by atoms with E-state index >= 15 is 0 Å². The van der Waals surface area contributed by atoms with Crippen molar-refractivity contribution in [3.63, 3.8) is 0 Å². The summed E-state index contributed by atoms with van der Waals surface area (Å²) in [6.45, 7) is 18.6. The van der Waals surface area contributed by atoms with E-state index in [0.717, 1.165) is 18.8 Å². The van der Waals surface area contributed by atoms with E-state index in [9.17, 15) is 19.8 Å². The predicted molar refractivity (Wildman–Crippen MR) is 184 cm³/mol. The molecule has 260 valence electrons. The van der Waals surface area contributed by atoms with Gasteiger partial charge in [0.1, 0.15) is 36.9 Å². The minimum Gasteiger partial charge on any atom is -0.491 e. The molecule has 5 N–H and O–H groups in total. The molecule has 0 bridgehead atoms. The average molecular weight is 647 g/mol. The smallest absolute Gasteiger partial charge is 0.321 e. The van der Waals surface area contributed by atoms with Crippen molar-refractivity contribution in [2.45, 2.75) is 85.6 Å². The Morgan fingerprint density at radius 2 is 1.52 bits per heavy atom. The number of ether oxygens (including phenoxy) is 3. The fourth-order valence-electron chi connectivity index (χ4n) is 3.99. The SMILES string of the molecule is CCN(CC)C(=O)Nc1ccc(OCC(O)CNC(C)(C)C)c(C(C)=O)c1.COCCc1ccc(OCC(O)CNC(C)C)cc1. The van der Waals surface area contributed by atoms with Gasteiger partial charge in [0.25, 0.3) is 0 Å². The van der Waals surface area contributed by atoms with Crippen molar-refractivity contribution in [3.05, 3.63) is 53.6 Å². The first-order valence-corrected chi connectivity index (χ1v) is 16.1. The maximum atomic E-state index is 12.2. The lowest BCUT2D eigenvalue weighted by Gasteiger charge is -2.23. The zero-order valence-electron chi connectivity index (χ0n) is 29.3. The maximum Gasteiger partial charge on any atom is 0.321 e. The molecule has 2 amide bonds. The second-order valence-electron chi connectivity index (χ2n) is 12.4. The van der Waals surface area contributed by atoms with Crippen molar-refractivity contribution in [2.24, 2.45) is 0 Å². The van der Waals surface area contributed by atoms with E-state index in [1.165, 1.54) is 12.5 Å². The number of aliphatic hydroxyl groups excluding tert-OH is 2. The zero-order valence-corrected chi connectivity index (χ0v) is 29.3. The number of carbonyl (C=O) groups is 2. The van der Waals surface area contributed by atoms with Crippen molar-refractivity contribution in [1.29, 1.82) is 0 Å². The van der Waals surface area contributed by atoms with Crippen LogP contribution < -0.4 is 25.4 Å². The van der Waals surface area contributed by atoms with Crippen molar-refractivity contribution in [2.75, 3.05) is 58.4 Å². The number of amides is 2. The van der Waals surface area contributed by atoms with Crippen LogP contribution in [0.4, 0.5) is 10.5 Å². The Bertz CT molecular complexity index is 1150. The molecular formula is C35H58N4O7. The lowest BCUT2D eigenvalue weighted by atomic mass is 10.1. The molecule has 0 fully saturated rings. The van der Waals surface area contributed by atoms with Gasteiger partial charge in [0.15, 0.2) is 5.78 Å². The first-order chi connectivity index (χ1) is 21.7. The van der Waals surface area contributed by atoms with Crippen LogP contribution in [0.5, 0.6) is 11.5 Å². The number of carbonyl (C=O) groups excluding carboxylic acids is 2. The fourth-order valence-corrected chi connectivity index (χ4v) is 3.99. The van der Waals surface area contributed by atoms with Gasteiger partial charge in [-0.25, -0.2) is 4.79 Å². The third kappa shape index (κ3) is 17.5. The molecule has 2 atom stereocenters. The molecule has 0 aromatic heterocycles. The highest BCUT2D eigenvalue weighted by Gasteiger charge is 2.16. The number of nitrogens with one attached hydrogen (secondary N) is 3. The summed E-state index contributed by atoms with van der Waals surface area (Å²) in [6.07, 6.45) is -0.292. The predicted octanol–water partition coefficient (Wildman–Crippen LogP) is 4.50. The molecule has 46 heavy (non-hydrogen) atoms. The van der Waals surface area contributed by atoms with Crippen LogP contribution in [-0.4, -0.2) is 104 Å².